The van der Waals surface area contributed by atoms with Crippen LogP contribution in [0.2, 0.25) is 0 Å². The first-order chi connectivity index (χ1) is 14.5. The molecule has 1 N–H and O–H groups in total. The van der Waals surface area contributed by atoms with Crippen LogP contribution in [0.5, 0.6) is 5.75 Å². The van der Waals surface area contributed by atoms with E-state index in [2.05, 4.69) is 46.7 Å². The Morgan fingerprint density at radius 1 is 1.13 bits per heavy atom. The van der Waals surface area contributed by atoms with E-state index in [1.54, 1.807) is 7.11 Å². The highest BCUT2D eigenvalue weighted by atomic mass is 16.5. The average molecular weight is 403 g/mol. The van der Waals surface area contributed by atoms with Crippen molar-refractivity contribution in [1.82, 2.24) is 20.1 Å². The van der Waals surface area contributed by atoms with Crippen LogP contribution >= 0.6 is 0 Å². The number of rotatable bonds is 5. The molecule has 0 bridgehead atoms. The van der Waals surface area contributed by atoms with Crippen molar-refractivity contribution < 1.29 is 9.53 Å². The molecule has 1 unspecified atom stereocenters. The van der Waals surface area contributed by atoms with Crippen molar-refractivity contribution in [1.29, 1.82) is 0 Å². The number of carbonyl (C=O) groups excluding carboxylic acids is 1. The number of carbonyl (C=O) groups is 1. The van der Waals surface area contributed by atoms with Gasteiger partial charge in [0.2, 0.25) is 5.91 Å². The fourth-order valence-electron chi connectivity index (χ4n) is 3.73. The zero-order valence-electron chi connectivity index (χ0n) is 17.6. The highest BCUT2D eigenvalue weighted by molar-refractivity contribution is 6.15. The lowest BCUT2D eigenvalue weighted by atomic mass is 9.99. The summed E-state index contributed by atoms with van der Waals surface area (Å²) in [5.74, 6) is 2.08. The number of aromatic nitrogens is 3. The van der Waals surface area contributed by atoms with Gasteiger partial charge in [0.15, 0.2) is 5.82 Å². The highest BCUT2D eigenvalue weighted by Gasteiger charge is 2.29. The minimum atomic E-state index is -0.451. The molecule has 1 aliphatic heterocycles. The highest BCUT2D eigenvalue weighted by Crippen LogP contribution is 2.34. The first kappa shape index (κ1) is 19.8. The molecule has 3 aromatic rings. The van der Waals surface area contributed by atoms with Crippen LogP contribution < -0.4 is 10.1 Å². The van der Waals surface area contributed by atoms with Crippen molar-refractivity contribution in [3.63, 3.8) is 0 Å². The van der Waals surface area contributed by atoms with Crippen molar-refractivity contribution in [2.75, 3.05) is 13.7 Å². The topological polar surface area (TPSA) is 81.4 Å². The van der Waals surface area contributed by atoms with Crippen LogP contribution in [0.4, 0.5) is 0 Å². The molecule has 7 heteroatoms. The van der Waals surface area contributed by atoms with Gasteiger partial charge in [-0.05, 0) is 39.0 Å². The lowest BCUT2D eigenvalue weighted by Crippen LogP contribution is -2.25. The number of aliphatic imine (C=N–C) groups is 1. The fraction of sp³-hybridized carbons (Fsp3) is 0.304. The van der Waals surface area contributed by atoms with E-state index in [4.69, 9.17) is 9.73 Å². The molecule has 0 radical (unpaired) electrons. The zero-order valence-corrected chi connectivity index (χ0v) is 17.6. The minimum Gasteiger partial charge on any atom is -0.497 e. The van der Waals surface area contributed by atoms with Gasteiger partial charge in [-0.25, -0.2) is 0 Å². The molecular formula is C23H25N5O2. The SMILES string of the molecule is CCNC(=O)CC1N=C(c2ccc(C)cc2)c2cc(OC)ccc2-n2c(C)nnc21. The molecule has 7 nitrogen and oxygen atoms in total. The van der Waals surface area contributed by atoms with Crippen LogP contribution in [0.25, 0.3) is 5.69 Å². The predicted octanol–water partition coefficient (Wildman–Crippen LogP) is 3.31. The van der Waals surface area contributed by atoms with Crippen molar-refractivity contribution in [3.05, 3.63) is 70.8 Å². The Labute approximate surface area is 175 Å². The van der Waals surface area contributed by atoms with Gasteiger partial charge in [0.25, 0.3) is 0 Å². The molecule has 0 saturated heterocycles. The van der Waals surface area contributed by atoms with Crippen molar-refractivity contribution >= 4 is 11.6 Å². The summed E-state index contributed by atoms with van der Waals surface area (Å²) in [6.07, 6.45) is 0.201. The molecule has 0 saturated carbocycles. The maximum atomic E-state index is 12.4. The second kappa shape index (κ2) is 8.10. The Hall–Kier alpha value is -3.48. The third-order valence-electron chi connectivity index (χ3n) is 5.21. The first-order valence-corrected chi connectivity index (χ1v) is 10.0. The average Bonchev–Trinajstić information content (AvgIpc) is 3.06. The third-order valence-corrected chi connectivity index (χ3v) is 5.21. The van der Waals surface area contributed by atoms with E-state index in [0.29, 0.717) is 12.4 Å². The van der Waals surface area contributed by atoms with Gasteiger partial charge in [-0.2, -0.15) is 0 Å². The van der Waals surface area contributed by atoms with Crippen LogP contribution in [0, 0.1) is 13.8 Å². The number of nitrogens with one attached hydrogen (secondary N) is 1. The standard InChI is InChI=1S/C23H25N5O2/c1-5-24-21(29)13-19-23-27-26-15(3)28(23)20-11-10-17(30-4)12-18(20)22(25-19)16-8-6-14(2)7-9-16/h6-12,19H,5,13H2,1-4H3,(H,24,29). The molecule has 30 heavy (non-hydrogen) atoms. The lowest BCUT2D eigenvalue weighted by Gasteiger charge is -2.14. The Morgan fingerprint density at radius 3 is 2.60 bits per heavy atom. The summed E-state index contributed by atoms with van der Waals surface area (Å²) in [4.78, 5) is 17.5. The normalized spacial score (nSPS) is 14.9. The summed E-state index contributed by atoms with van der Waals surface area (Å²) >= 11 is 0. The van der Waals surface area contributed by atoms with Crippen molar-refractivity contribution in [2.24, 2.45) is 4.99 Å². The molecule has 4 rings (SSSR count). The maximum Gasteiger partial charge on any atom is 0.222 e. The van der Waals surface area contributed by atoms with Gasteiger partial charge in [0, 0.05) is 17.7 Å². The Bertz CT molecular complexity index is 1120. The zero-order chi connectivity index (χ0) is 21.3. The van der Waals surface area contributed by atoms with Gasteiger partial charge in [-0.15, -0.1) is 10.2 Å². The maximum absolute atomic E-state index is 12.4. The number of hydrogen-bond donors (Lipinski definition) is 1. The molecule has 0 spiro atoms. The van der Waals surface area contributed by atoms with Gasteiger partial charge < -0.3 is 10.1 Å². The Balaban J connectivity index is 1.96. The molecule has 1 atom stereocenters. The van der Waals surface area contributed by atoms with Gasteiger partial charge in [0.05, 0.1) is 24.9 Å². The van der Waals surface area contributed by atoms with Crippen molar-refractivity contribution in [3.8, 4) is 11.4 Å². The summed E-state index contributed by atoms with van der Waals surface area (Å²) in [5.41, 5.74) is 4.80. The summed E-state index contributed by atoms with van der Waals surface area (Å²) in [6, 6.07) is 13.7. The first-order valence-electron chi connectivity index (χ1n) is 10.0. The van der Waals surface area contributed by atoms with E-state index < -0.39 is 6.04 Å². The minimum absolute atomic E-state index is 0.0646. The van der Waals surface area contributed by atoms with E-state index in [0.717, 1.165) is 34.1 Å². The predicted molar refractivity (Wildman–Crippen MR) is 116 cm³/mol. The summed E-state index contributed by atoms with van der Waals surface area (Å²) < 4.78 is 7.48. The van der Waals surface area contributed by atoms with Gasteiger partial charge >= 0.3 is 0 Å². The number of amides is 1. The third kappa shape index (κ3) is 3.58. The quantitative estimate of drug-likeness (QED) is 0.709. The number of hydrogen-bond acceptors (Lipinski definition) is 5. The molecule has 1 aliphatic rings. The number of benzene rings is 2. The van der Waals surface area contributed by atoms with E-state index >= 15 is 0 Å². The summed E-state index contributed by atoms with van der Waals surface area (Å²) in [5, 5.41) is 11.5. The number of methoxy groups -OCH3 is 1. The van der Waals surface area contributed by atoms with E-state index in [9.17, 15) is 4.79 Å². The molecule has 1 aromatic heterocycles. The smallest absolute Gasteiger partial charge is 0.222 e. The fourth-order valence-corrected chi connectivity index (χ4v) is 3.73. The second-order valence-corrected chi connectivity index (χ2v) is 7.34. The Morgan fingerprint density at radius 2 is 1.90 bits per heavy atom. The van der Waals surface area contributed by atoms with Gasteiger partial charge in [-0.1, -0.05) is 29.8 Å². The monoisotopic (exact) mass is 403 g/mol. The summed E-state index contributed by atoms with van der Waals surface area (Å²) in [7, 11) is 1.65. The van der Waals surface area contributed by atoms with Crippen LogP contribution in [-0.4, -0.2) is 40.0 Å². The number of ether oxygens (including phenoxy) is 1. The Kier molecular flexibility index (Phi) is 5.35. The molecule has 1 amide bonds. The molecular weight excluding hydrogens is 378 g/mol. The molecule has 0 fully saturated rings. The van der Waals surface area contributed by atoms with E-state index in [1.807, 2.05) is 36.6 Å². The van der Waals surface area contributed by atoms with Gasteiger partial charge in [-0.3, -0.25) is 14.4 Å². The molecule has 154 valence electrons. The number of aryl methyl sites for hydroxylation is 2. The number of nitrogens with zero attached hydrogens (tertiary/aromatic N) is 4. The number of fused-ring (bicyclic) bond motifs is 3. The van der Waals surface area contributed by atoms with Crippen LogP contribution in [-0.2, 0) is 4.79 Å². The van der Waals surface area contributed by atoms with E-state index in [-0.39, 0.29) is 12.3 Å². The van der Waals surface area contributed by atoms with Gasteiger partial charge in [0.1, 0.15) is 17.6 Å². The largest absolute Gasteiger partial charge is 0.497 e. The van der Waals surface area contributed by atoms with Crippen LogP contribution in [0.1, 0.15) is 47.7 Å². The summed E-state index contributed by atoms with van der Waals surface area (Å²) in [6.45, 7) is 6.44. The molecule has 2 heterocycles. The lowest BCUT2D eigenvalue weighted by molar-refractivity contribution is -0.121. The molecule has 2 aromatic carbocycles. The van der Waals surface area contributed by atoms with E-state index in [1.165, 1.54) is 5.56 Å². The molecule has 0 aliphatic carbocycles. The van der Waals surface area contributed by atoms with Crippen LogP contribution in [0.15, 0.2) is 47.5 Å². The van der Waals surface area contributed by atoms with Crippen LogP contribution in [0.3, 0.4) is 0 Å². The van der Waals surface area contributed by atoms with Crippen molar-refractivity contribution in [2.45, 2.75) is 33.2 Å². The second-order valence-electron chi connectivity index (χ2n) is 7.34.